The van der Waals surface area contributed by atoms with Crippen molar-refractivity contribution in [3.8, 4) is 5.75 Å². The fourth-order valence-electron chi connectivity index (χ4n) is 2.68. The van der Waals surface area contributed by atoms with Gasteiger partial charge in [-0.25, -0.2) is 5.43 Å². The van der Waals surface area contributed by atoms with Gasteiger partial charge in [0.05, 0.1) is 12.8 Å². The molecule has 0 fully saturated rings. The normalized spacial score (nSPS) is 12.1. The Labute approximate surface area is 159 Å². The van der Waals surface area contributed by atoms with E-state index in [1.807, 2.05) is 67.6 Å². The van der Waals surface area contributed by atoms with Crippen molar-refractivity contribution in [1.29, 1.82) is 0 Å². The van der Waals surface area contributed by atoms with E-state index in [0.29, 0.717) is 6.61 Å². The highest BCUT2D eigenvalue weighted by Gasteiger charge is 2.11. The van der Waals surface area contributed by atoms with E-state index in [2.05, 4.69) is 21.9 Å². The van der Waals surface area contributed by atoms with Crippen LogP contribution in [-0.4, -0.2) is 24.8 Å². The van der Waals surface area contributed by atoms with E-state index in [9.17, 15) is 4.79 Å². The molecule has 0 aromatic heterocycles. The van der Waals surface area contributed by atoms with Gasteiger partial charge >= 0.3 is 0 Å². The zero-order valence-corrected chi connectivity index (χ0v) is 15.5. The molecule has 0 bridgehead atoms. The lowest BCUT2D eigenvalue weighted by molar-refractivity contribution is -0.121. The molecule has 3 aromatic carbocycles. The molecule has 1 atom stereocenters. The summed E-state index contributed by atoms with van der Waals surface area (Å²) in [6, 6.07) is 21.2. The van der Waals surface area contributed by atoms with Crippen LogP contribution in [0.15, 0.2) is 71.8 Å². The van der Waals surface area contributed by atoms with Crippen molar-refractivity contribution in [2.75, 3.05) is 11.9 Å². The maximum atomic E-state index is 12.2. The van der Waals surface area contributed by atoms with E-state index in [1.165, 1.54) is 5.39 Å². The van der Waals surface area contributed by atoms with Gasteiger partial charge in [0.2, 0.25) is 0 Å². The number of ether oxygens (including phenoxy) is 1. The molecule has 27 heavy (non-hydrogen) atoms. The molecule has 0 saturated carbocycles. The zero-order chi connectivity index (χ0) is 19.1. The van der Waals surface area contributed by atoms with Crippen LogP contribution < -0.4 is 15.5 Å². The quantitative estimate of drug-likeness (QED) is 0.490. The van der Waals surface area contributed by atoms with Crippen LogP contribution in [-0.2, 0) is 4.79 Å². The van der Waals surface area contributed by atoms with Crippen molar-refractivity contribution in [1.82, 2.24) is 5.43 Å². The van der Waals surface area contributed by atoms with E-state index in [0.717, 1.165) is 22.4 Å². The third-order valence-corrected chi connectivity index (χ3v) is 4.10. The molecule has 0 spiro atoms. The lowest BCUT2D eigenvalue weighted by Gasteiger charge is -2.14. The predicted molar refractivity (Wildman–Crippen MR) is 110 cm³/mol. The second kappa shape index (κ2) is 8.85. The van der Waals surface area contributed by atoms with Gasteiger partial charge in [0.15, 0.2) is 0 Å². The number of hydrogen-bond donors (Lipinski definition) is 2. The van der Waals surface area contributed by atoms with Crippen LogP contribution in [0.1, 0.15) is 19.4 Å². The SMILES string of the molecule is CCOc1ccc(N[C@H](C)C(=O)N/N=C\c2ccc3ccccc3c2)cc1. The fraction of sp³-hybridized carbons (Fsp3) is 0.182. The van der Waals surface area contributed by atoms with Gasteiger partial charge in [0.1, 0.15) is 11.8 Å². The Morgan fingerprint density at radius 2 is 1.81 bits per heavy atom. The Morgan fingerprint density at radius 3 is 2.56 bits per heavy atom. The molecule has 0 heterocycles. The molecule has 0 aliphatic rings. The number of carbonyl (C=O) groups excluding carboxylic acids is 1. The molecule has 3 aromatic rings. The fourth-order valence-corrected chi connectivity index (χ4v) is 2.68. The molecular formula is C22H23N3O2. The summed E-state index contributed by atoms with van der Waals surface area (Å²) in [5, 5.41) is 9.52. The van der Waals surface area contributed by atoms with Crippen LogP contribution in [0.3, 0.4) is 0 Å². The lowest BCUT2D eigenvalue weighted by atomic mass is 10.1. The van der Waals surface area contributed by atoms with Crippen LogP contribution in [0.2, 0.25) is 0 Å². The number of amides is 1. The van der Waals surface area contributed by atoms with Gasteiger partial charge in [0, 0.05) is 5.69 Å². The Balaban J connectivity index is 1.54. The minimum absolute atomic E-state index is 0.207. The number of anilines is 1. The lowest BCUT2D eigenvalue weighted by Crippen LogP contribution is -2.34. The topological polar surface area (TPSA) is 62.7 Å². The van der Waals surface area contributed by atoms with Gasteiger partial charge in [-0.3, -0.25) is 4.79 Å². The first-order valence-electron chi connectivity index (χ1n) is 8.97. The van der Waals surface area contributed by atoms with Crippen molar-refractivity contribution in [3.05, 3.63) is 72.3 Å². The zero-order valence-electron chi connectivity index (χ0n) is 15.5. The summed E-state index contributed by atoms with van der Waals surface area (Å²) in [5.74, 6) is 0.598. The second-order valence-corrected chi connectivity index (χ2v) is 6.16. The molecule has 0 saturated heterocycles. The number of carbonyl (C=O) groups is 1. The van der Waals surface area contributed by atoms with Crippen molar-refractivity contribution in [3.63, 3.8) is 0 Å². The summed E-state index contributed by atoms with van der Waals surface area (Å²) < 4.78 is 5.41. The van der Waals surface area contributed by atoms with Crippen molar-refractivity contribution < 1.29 is 9.53 Å². The average Bonchev–Trinajstić information content (AvgIpc) is 2.69. The predicted octanol–water partition coefficient (Wildman–Crippen LogP) is 4.19. The van der Waals surface area contributed by atoms with Crippen LogP contribution in [0.25, 0.3) is 10.8 Å². The molecule has 0 aliphatic heterocycles. The van der Waals surface area contributed by atoms with Crippen LogP contribution in [0, 0.1) is 0 Å². The van der Waals surface area contributed by atoms with Gasteiger partial charge in [-0.15, -0.1) is 0 Å². The van der Waals surface area contributed by atoms with Gasteiger partial charge < -0.3 is 10.1 Å². The number of nitrogens with zero attached hydrogens (tertiary/aromatic N) is 1. The second-order valence-electron chi connectivity index (χ2n) is 6.16. The van der Waals surface area contributed by atoms with Gasteiger partial charge in [-0.2, -0.15) is 5.10 Å². The van der Waals surface area contributed by atoms with E-state index in [1.54, 1.807) is 13.1 Å². The van der Waals surface area contributed by atoms with Gasteiger partial charge in [-0.1, -0.05) is 36.4 Å². The summed E-state index contributed by atoms with van der Waals surface area (Å²) in [5.41, 5.74) is 4.35. The summed E-state index contributed by atoms with van der Waals surface area (Å²) in [4.78, 5) is 12.2. The maximum Gasteiger partial charge on any atom is 0.262 e. The molecule has 5 heteroatoms. The number of hydrazone groups is 1. The minimum Gasteiger partial charge on any atom is -0.494 e. The van der Waals surface area contributed by atoms with Gasteiger partial charge in [0.25, 0.3) is 5.91 Å². The minimum atomic E-state index is -0.420. The molecule has 0 radical (unpaired) electrons. The molecule has 1 amide bonds. The third kappa shape index (κ3) is 5.07. The Hall–Kier alpha value is -3.34. The highest BCUT2D eigenvalue weighted by Crippen LogP contribution is 2.16. The smallest absolute Gasteiger partial charge is 0.262 e. The maximum absolute atomic E-state index is 12.2. The first kappa shape index (κ1) is 18.5. The Bertz CT molecular complexity index is 936. The summed E-state index contributed by atoms with van der Waals surface area (Å²) >= 11 is 0. The monoisotopic (exact) mass is 361 g/mol. The van der Waals surface area contributed by atoms with Crippen molar-refractivity contribution in [2.45, 2.75) is 19.9 Å². The average molecular weight is 361 g/mol. The van der Waals surface area contributed by atoms with Gasteiger partial charge in [-0.05, 0) is 60.5 Å². The van der Waals surface area contributed by atoms with E-state index in [4.69, 9.17) is 4.74 Å². The van der Waals surface area contributed by atoms with Crippen LogP contribution in [0.5, 0.6) is 5.75 Å². The number of benzene rings is 3. The molecule has 0 aliphatic carbocycles. The number of fused-ring (bicyclic) bond motifs is 1. The highest BCUT2D eigenvalue weighted by atomic mass is 16.5. The third-order valence-electron chi connectivity index (χ3n) is 4.10. The first-order chi connectivity index (χ1) is 13.2. The molecular weight excluding hydrogens is 338 g/mol. The number of hydrogen-bond acceptors (Lipinski definition) is 4. The van der Waals surface area contributed by atoms with Crippen LogP contribution >= 0.6 is 0 Å². The molecule has 0 unspecified atom stereocenters. The Morgan fingerprint density at radius 1 is 1.07 bits per heavy atom. The summed E-state index contributed by atoms with van der Waals surface area (Å²) in [7, 11) is 0. The van der Waals surface area contributed by atoms with Crippen molar-refractivity contribution >= 4 is 28.6 Å². The largest absolute Gasteiger partial charge is 0.494 e. The van der Waals surface area contributed by atoms with E-state index < -0.39 is 6.04 Å². The highest BCUT2D eigenvalue weighted by molar-refractivity contribution is 5.91. The summed E-state index contributed by atoms with van der Waals surface area (Å²) in [6.45, 7) is 4.36. The van der Waals surface area contributed by atoms with Crippen molar-refractivity contribution in [2.24, 2.45) is 5.10 Å². The molecule has 138 valence electrons. The number of nitrogens with one attached hydrogen (secondary N) is 2. The molecule has 5 nitrogen and oxygen atoms in total. The standard InChI is InChI=1S/C22H23N3O2/c1-3-27-21-12-10-20(11-13-21)24-16(2)22(26)25-23-15-17-8-9-18-6-4-5-7-19(18)14-17/h4-16,24H,3H2,1-2H3,(H,25,26)/b23-15-/t16-/m1/s1. The molecule has 2 N–H and O–H groups in total. The van der Waals surface area contributed by atoms with E-state index >= 15 is 0 Å². The molecule has 3 rings (SSSR count). The Kier molecular flexibility index (Phi) is 6.05. The van der Waals surface area contributed by atoms with Crippen LogP contribution in [0.4, 0.5) is 5.69 Å². The van der Waals surface area contributed by atoms with E-state index in [-0.39, 0.29) is 5.91 Å². The first-order valence-corrected chi connectivity index (χ1v) is 8.97. The summed E-state index contributed by atoms with van der Waals surface area (Å²) in [6.07, 6.45) is 1.65. The number of rotatable bonds is 7.